The molecule has 1 unspecified atom stereocenters. The van der Waals surface area contributed by atoms with E-state index in [2.05, 4.69) is 9.97 Å². The maximum Gasteiger partial charge on any atom is 0.159 e. The molecule has 0 radical (unpaired) electrons. The van der Waals surface area contributed by atoms with Crippen molar-refractivity contribution in [2.45, 2.75) is 13.0 Å². The second-order valence-electron chi connectivity index (χ2n) is 3.22. The van der Waals surface area contributed by atoms with Crippen molar-refractivity contribution in [2.75, 3.05) is 0 Å². The van der Waals surface area contributed by atoms with Gasteiger partial charge in [-0.05, 0) is 18.6 Å². The van der Waals surface area contributed by atoms with Gasteiger partial charge < -0.3 is 10.3 Å². The molecule has 0 saturated carbocycles. The van der Waals surface area contributed by atoms with Gasteiger partial charge in [-0.2, -0.15) is 0 Å². The first-order chi connectivity index (χ1) is 6.20. The van der Waals surface area contributed by atoms with Crippen LogP contribution in [0, 0.1) is 0 Å². The van der Waals surface area contributed by atoms with Crippen LogP contribution in [0.15, 0.2) is 18.6 Å². The number of hydrogen-bond acceptors (Lipinski definition) is 3. The van der Waals surface area contributed by atoms with Gasteiger partial charge in [0.1, 0.15) is 5.52 Å². The lowest BCUT2D eigenvalue weighted by Gasteiger charge is -2.05. The van der Waals surface area contributed by atoms with E-state index in [0.717, 1.165) is 16.7 Å². The van der Waals surface area contributed by atoms with Gasteiger partial charge >= 0.3 is 0 Å². The van der Waals surface area contributed by atoms with Crippen LogP contribution in [0.3, 0.4) is 0 Å². The molecule has 2 aromatic heterocycles. The molecule has 0 aliphatic carbocycles. The molecule has 4 nitrogen and oxygen atoms in total. The van der Waals surface area contributed by atoms with Crippen molar-refractivity contribution >= 4 is 11.2 Å². The molecule has 0 aliphatic heterocycles. The summed E-state index contributed by atoms with van der Waals surface area (Å²) in [5.41, 5.74) is 8.65. The van der Waals surface area contributed by atoms with Crippen molar-refractivity contribution in [3.05, 3.63) is 24.2 Å². The number of imidazole rings is 1. The van der Waals surface area contributed by atoms with Crippen LogP contribution in [-0.2, 0) is 7.05 Å². The number of rotatable bonds is 1. The monoisotopic (exact) mass is 176 g/mol. The quantitative estimate of drug-likeness (QED) is 0.704. The predicted molar refractivity (Wildman–Crippen MR) is 51.1 cm³/mol. The van der Waals surface area contributed by atoms with Gasteiger partial charge in [-0.25, -0.2) is 9.97 Å². The molecular formula is C9H12N4. The third kappa shape index (κ3) is 1.19. The van der Waals surface area contributed by atoms with E-state index in [1.54, 1.807) is 12.5 Å². The Bertz CT molecular complexity index is 430. The number of nitrogens with zero attached hydrogens (tertiary/aromatic N) is 3. The summed E-state index contributed by atoms with van der Waals surface area (Å²) in [7, 11) is 1.92. The molecule has 0 aliphatic rings. The predicted octanol–water partition coefficient (Wildman–Crippen LogP) is 0.988. The molecule has 68 valence electrons. The van der Waals surface area contributed by atoms with E-state index in [1.807, 2.05) is 24.6 Å². The molecule has 4 heteroatoms. The first-order valence-corrected chi connectivity index (χ1v) is 4.21. The Hall–Kier alpha value is -1.42. The summed E-state index contributed by atoms with van der Waals surface area (Å²) in [6.07, 6.45) is 3.52. The SMILES string of the molecule is CC(N)c1ccnc2c1ncn2C. The van der Waals surface area contributed by atoms with Crippen LogP contribution in [0.4, 0.5) is 0 Å². The Labute approximate surface area is 76.4 Å². The van der Waals surface area contributed by atoms with E-state index in [0.29, 0.717) is 0 Å². The standard InChI is InChI=1S/C9H12N4/c1-6(10)7-3-4-11-9-8(7)12-5-13(9)2/h3-6H,10H2,1-2H3. The van der Waals surface area contributed by atoms with Gasteiger partial charge in [0.25, 0.3) is 0 Å². The van der Waals surface area contributed by atoms with Crippen molar-refractivity contribution in [3.63, 3.8) is 0 Å². The van der Waals surface area contributed by atoms with Crippen LogP contribution in [0.5, 0.6) is 0 Å². The fraction of sp³-hybridized carbons (Fsp3) is 0.333. The van der Waals surface area contributed by atoms with Crippen LogP contribution in [0.1, 0.15) is 18.5 Å². The minimum Gasteiger partial charge on any atom is -0.324 e. The Kier molecular flexibility index (Phi) is 1.77. The average molecular weight is 176 g/mol. The third-order valence-corrected chi connectivity index (χ3v) is 2.12. The number of aryl methyl sites for hydroxylation is 1. The van der Waals surface area contributed by atoms with Crippen molar-refractivity contribution in [3.8, 4) is 0 Å². The van der Waals surface area contributed by atoms with E-state index < -0.39 is 0 Å². The highest BCUT2D eigenvalue weighted by molar-refractivity contribution is 5.75. The molecule has 2 aromatic rings. The van der Waals surface area contributed by atoms with Gasteiger partial charge in [-0.3, -0.25) is 0 Å². The Balaban J connectivity index is 2.77. The third-order valence-electron chi connectivity index (χ3n) is 2.12. The number of nitrogens with two attached hydrogens (primary N) is 1. The van der Waals surface area contributed by atoms with E-state index in [-0.39, 0.29) is 6.04 Å². The zero-order chi connectivity index (χ0) is 9.42. The van der Waals surface area contributed by atoms with Crippen molar-refractivity contribution in [2.24, 2.45) is 12.8 Å². The first-order valence-electron chi connectivity index (χ1n) is 4.21. The lowest BCUT2D eigenvalue weighted by molar-refractivity contribution is 0.822. The fourth-order valence-electron chi connectivity index (χ4n) is 1.41. The fourth-order valence-corrected chi connectivity index (χ4v) is 1.41. The van der Waals surface area contributed by atoms with Gasteiger partial charge in [-0.15, -0.1) is 0 Å². The minimum atomic E-state index is 0.000370. The molecule has 0 saturated heterocycles. The van der Waals surface area contributed by atoms with Crippen LogP contribution >= 0.6 is 0 Å². The summed E-state index contributed by atoms with van der Waals surface area (Å²) in [4.78, 5) is 8.49. The Morgan fingerprint density at radius 3 is 2.92 bits per heavy atom. The first kappa shape index (κ1) is 8.19. The van der Waals surface area contributed by atoms with Crippen LogP contribution < -0.4 is 5.73 Å². The zero-order valence-electron chi connectivity index (χ0n) is 7.73. The number of aromatic nitrogens is 3. The molecule has 0 spiro atoms. The van der Waals surface area contributed by atoms with E-state index in [9.17, 15) is 0 Å². The summed E-state index contributed by atoms with van der Waals surface area (Å²) >= 11 is 0. The van der Waals surface area contributed by atoms with Gasteiger partial charge in [0.05, 0.1) is 6.33 Å². The summed E-state index contributed by atoms with van der Waals surface area (Å²) in [6, 6.07) is 1.92. The normalized spacial score (nSPS) is 13.5. The van der Waals surface area contributed by atoms with Crippen LogP contribution in [0.25, 0.3) is 11.2 Å². The van der Waals surface area contributed by atoms with Crippen molar-refractivity contribution in [1.29, 1.82) is 0 Å². The Morgan fingerprint density at radius 2 is 2.23 bits per heavy atom. The molecule has 0 amide bonds. The lowest BCUT2D eigenvalue weighted by Crippen LogP contribution is -2.06. The van der Waals surface area contributed by atoms with Crippen molar-refractivity contribution < 1.29 is 0 Å². The summed E-state index contributed by atoms with van der Waals surface area (Å²) in [5.74, 6) is 0. The molecule has 2 N–H and O–H groups in total. The maximum absolute atomic E-state index is 5.81. The largest absolute Gasteiger partial charge is 0.324 e. The molecule has 0 aromatic carbocycles. The molecule has 0 fully saturated rings. The van der Waals surface area contributed by atoms with Crippen LogP contribution in [0.2, 0.25) is 0 Å². The molecule has 2 heterocycles. The van der Waals surface area contributed by atoms with E-state index in [1.165, 1.54) is 0 Å². The van der Waals surface area contributed by atoms with Gasteiger partial charge in [0.2, 0.25) is 0 Å². The summed E-state index contributed by atoms with van der Waals surface area (Å²) < 4.78 is 1.89. The molecular weight excluding hydrogens is 164 g/mol. The number of pyridine rings is 1. The number of fused-ring (bicyclic) bond motifs is 1. The second kappa shape index (κ2) is 2.81. The highest BCUT2D eigenvalue weighted by atomic mass is 15.1. The highest BCUT2D eigenvalue weighted by Crippen LogP contribution is 2.18. The van der Waals surface area contributed by atoms with Gasteiger partial charge in [0.15, 0.2) is 5.65 Å². The van der Waals surface area contributed by atoms with Crippen molar-refractivity contribution in [1.82, 2.24) is 14.5 Å². The van der Waals surface area contributed by atoms with Crippen LogP contribution in [-0.4, -0.2) is 14.5 Å². The molecule has 0 bridgehead atoms. The Morgan fingerprint density at radius 1 is 1.46 bits per heavy atom. The number of hydrogen-bond donors (Lipinski definition) is 1. The smallest absolute Gasteiger partial charge is 0.159 e. The van der Waals surface area contributed by atoms with Gasteiger partial charge in [-0.1, -0.05) is 0 Å². The zero-order valence-corrected chi connectivity index (χ0v) is 7.73. The van der Waals surface area contributed by atoms with Gasteiger partial charge in [0, 0.05) is 19.3 Å². The topological polar surface area (TPSA) is 56.7 Å². The molecule has 2 rings (SSSR count). The summed E-state index contributed by atoms with van der Waals surface area (Å²) in [5, 5.41) is 0. The maximum atomic E-state index is 5.81. The van der Waals surface area contributed by atoms with E-state index >= 15 is 0 Å². The molecule has 1 atom stereocenters. The highest BCUT2D eigenvalue weighted by Gasteiger charge is 2.08. The second-order valence-corrected chi connectivity index (χ2v) is 3.22. The average Bonchev–Trinajstić information content (AvgIpc) is 2.48. The molecule has 13 heavy (non-hydrogen) atoms. The van der Waals surface area contributed by atoms with E-state index in [4.69, 9.17) is 5.73 Å². The minimum absolute atomic E-state index is 0.000370. The summed E-state index contributed by atoms with van der Waals surface area (Å²) in [6.45, 7) is 1.95. The lowest BCUT2D eigenvalue weighted by atomic mass is 10.1.